The number of morpholine rings is 1. The van der Waals surface area contributed by atoms with E-state index in [1.54, 1.807) is 17.0 Å². The van der Waals surface area contributed by atoms with E-state index in [1.165, 1.54) is 0 Å². The van der Waals surface area contributed by atoms with Gasteiger partial charge in [0.25, 0.3) is 5.91 Å². The van der Waals surface area contributed by atoms with E-state index in [0.717, 1.165) is 25.2 Å². The van der Waals surface area contributed by atoms with Crippen LogP contribution in [0.3, 0.4) is 0 Å². The summed E-state index contributed by atoms with van der Waals surface area (Å²) in [5.74, 6) is 0.0815. The quantitative estimate of drug-likeness (QED) is 0.790. The van der Waals surface area contributed by atoms with Crippen LogP contribution in [0.25, 0.3) is 0 Å². The lowest BCUT2D eigenvalue weighted by molar-refractivity contribution is -0.0338. The van der Waals surface area contributed by atoms with E-state index in [1.807, 2.05) is 47.4 Å². The molecular weight excluding hydrogens is 416 g/mol. The molecule has 2 aliphatic rings. The van der Waals surface area contributed by atoms with Crippen LogP contribution >= 0.6 is 11.6 Å². The smallest absolute Gasteiger partial charge is 0.322 e. The Labute approximate surface area is 187 Å². The molecule has 8 heteroatoms. The molecule has 2 heterocycles. The van der Waals surface area contributed by atoms with Crippen molar-refractivity contribution in [2.75, 3.05) is 57.7 Å². The van der Waals surface area contributed by atoms with Gasteiger partial charge in [0.15, 0.2) is 0 Å². The van der Waals surface area contributed by atoms with Gasteiger partial charge >= 0.3 is 6.03 Å². The zero-order chi connectivity index (χ0) is 21.6. The lowest BCUT2D eigenvalue weighted by atomic mass is 10.1. The summed E-state index contributed by atoms with van der Waals surface area (Å²) in [7, 11) is 0. The van der Waals surface area contributed by atoms with Crippen LogP contribution in [0.5, 0.6) is 0 Å². The highest BCUT2D eigenvalue weighted by atomic mass is 35.5. The standard InChI is InChI=1S/C23H27ClN4O3/c24-19-7-4-8-20(15-19)25-23(30)28-13-14-31-21(17-28)16-26-9-11-27(12-10-26)22(29)18-5-2-1-3-6-18/h1-8,15,21H,9-14,16-17H2,(H,25,30). The summed E-state index contributed by atoms with van der Waals surface area (Å²) in [5, 5.41) is 3.49. The number of carbonyl (C=O) groups is 2. The average Bonchev–Trinajstić information content (AvgIpc) is 2.80. The zero-order valence-electron chi connectivity index (χ0n) is 17.4. The Balaban J connectivity index is 1.24. The molecule has 1 atom stereocenters. The zero-order valence-corrected chi connectivity index (χ0v) is 18.1. The molecule has 0 aromatic heterocycles. The Kier molecular flexibility index (Phi) is 7.06. The Bertz CT molecular complexity index is 903. The molecule has 2 saturated heterocycles. The van der Waals surface area contributed by atoms with Gasteiger partial charge in [0, 0.05) is 62.1 Å². The van der Waals surface area contributed by atoms with E-state index in [0.29, 0.717) is 43.5 Å². The summed E-state index contributed by atoms with van der Waals surface area (Å²) < 4.78 is 5.91. The minimum absolute atomic E-state index is 0.0461. The molecule has 2 aromatic carbocycles. The fourth-order valence-electron chi connectivity index (χ4n) is 3.97. The van der Waals surface area contributed by atoms with Crippen LogP contribution in [0, 0.1) is 0 Å². The van der Waals surface area contributed by atoms with Gasteiger partial charge in [-0.05, 0) is 30.3 Å². The second kappa shape index (κ2) is 10.1. The third-order valence-corrected chi connectivity index (χ3v) is 5.88. The maximum absolute atomic E-state index is 12.6. The minimum Gasteiger partial charge on any atom is -0.373 e. The predicted molar refractivity (Wildman–Crippen MR) is 121 cm³/mol. The SMILES string of the molecule is O=C(Nc1cccc(Cl)c1)N1CCOC(CN2CCN(C(=O)c3ccccc3)CC2)C1. The number of urea groups is 1. The molecule has 164 valence electrons. The van der Waals surface area contributed by atoms with Gasteiger partial charge in [0.05, 0.1) is 12.7 Å². The van der Waals surface area contributed by atoms with Crippen molar-refractivity contribution in [1.82, 2.24) is 14.7 Å². The maximum Gasteiger partial charge on any atom is 0.322 e. The molecule has 1 N–H and O–H groups in total. The highest BCUT2D eigenvalue weighted by Crippen LogP contribution is 2.17. The van der Waals surface area contributed by atoms with Crippen LogP contribution in [0.2, 0.25) is 5.02 Å². The van der Waals surface area contributed by atoms with Gasteiger partial charge in [-0.1, -0.05) is 35.9 Å². The summed E-state index contributed by atoms with van der Waals surface area (Å²) >= 11 is 6.00. The molecule has 31 heavy (non-hydrogen) atoms. The third-order valence-electron chi connectivity index (χ3n) is 5.64. The first-order chi connectivity index (χ1) is 15.1. The molecule has 4 rings (SSSR count). The molecule has 0 saturated carbocycles. The van der Waals surface area contributed by atoms with Gasteiger partial charge in [-0.25, -0.2) is 4.79 Å². The number of carbonyl (C=O) groups excluding carboxylic acids is 2. The largest absolute Gasteiger partial charge is 0.373 e. The highest BCUT2D eigenvalue weighted by molar-refractivity contribution is 6.30. The Hall–Kier alpha value is -2.61. The van der Waals surface area contributed by atoms with Crippen molar-refractivity contribution in [3.8, 4) is 0 Å². The summed E-state index contributed by atoms with van der Waals surface area (Å²) in [6, 6.07) is 16.4. The Morgan fingerprint density at radius 3 is 2.48 bits per heavy atom. The fourth-order valence-corrected chi connectivity index (χ4v) is 4.16. The third kappa shape index (κ3) is 5.76. The number of amides is 3. The second-order valence-electron chi connectivity index (χ2n) is 7.84. The number of halogens is 1. The van der Waals surface area contributed by atoms with Crippen molar-refractivity contribution >= 4 is 29.2 Å². The van der Waals surface area contributed by atoms with Crippen LogP contribution in [0.1, 0.15) is 10.4 Å². The van der Waals surface area contributed by atoms with E-state index in [4.69, 9.17) is 16.3 Å². The minimum atomic E-state index is -0.145. The molecule has 0 bridgehead atoms. The first-order valence-electron chi connectivity index (χ1n) is 10.6. The molecular formula is C23H27ClN4O3. The molecule has 0 spiro atoms. The summed E-state index contributed by atoms with van der Waals surface area (Å²) in [4.78, 5) is 31.2. The van der Waals surface area contributed by atoms with Crippen LogP contribution in [0.4, 0.5) is 10.5 Å². The van der Waals surface area contributed by atoms with Crippen molar-refractivity contribution in [3.63, 3.8) is 0 Å². The number of anilines is 1. The molecule has 2 fully saturated rings. The van der Waals surface area contributed by atoms with Gasteiger partial charge in [-0.3, -0.25) is 9.69 Å². The molecule has 2 aliphatic heterocycles. The maximum atomic E-state index is 12.6. The van der Waals surface area contributed by atoms with E-state index in [-0.39, 0.29) is 18.0 Å². The summed E-state index contributed by atoms with van der Waals surface area (Å²) in [6.07, 6.45) is -0.0461. The van der Waals surface area contributed by atoms with Crippen LogP contribution in [0.15, 0.2) is 54.6 Å². The topological polar surface area (TPSA) is 65.1 Å². The van der Waals surface area contributed by atoms with Crippen molar-refractivity contribution in [3.05, 3.63) is 65.2 Å². The van der Waals surface area contributed by atoms with E-state index in [9.17, 15) is 9.59 Å². The molecule has 0 radical (unpaired) electrons. The lowest BCUT2D eigenvalue weighted by Gasteiger charge is -2.39. The monoisotopic (exact) mass is 442 g/mol. The molecule has 1 unspecified atom stereocenters. The molecule has 2 aromatic rings. The lowest BCUT2D eigenvalue weighted by Crippen LogP contribution is -2.54. The predicted octanol–water partition coefficient (Wildman–Crippen LogP) is 3.03. The number of benzene rings is 2. The normalized spacial score (nSPS) is 19.8. The van der Waals surface area contributed by atoms with Gasteiger partial charge in [0.1, 0.15) is 0 Å². The first-order valence-corrected chi connectivity index (χ1v) is 11.0. The summed E-state index contributed by atoms with van der Waals surface area (Å²) in [5.41, 5.74) is 1.41. The van der Waals surface area contributed by atoms with Crippen molar-refractivity contribution in [2.45, 2.75) is 6.10 Å². The first kappa shape index (κ1) is 21.6. The molecule has 0 aliphatic carbocycles. The van der Waals surface area contributed by atoms with Crippen molar-refractivity contribution < 1.29 is 14.3 Å². The van der Waals surface area contributed by atoms with Crippen molar-refractivity contribution in [1.29, 1.82) is 0 Å². The van der Waals surface area contributed by atoms with E-state index < -0.39 is 0 Å². The Morgan fingerprint density at radius 2 is 1.74 bits per heavy atom. The van der Waals surface area contributed by atoms with Crippen LogP contribution < -0.4 is 5.32 Å². The van der Waals surface area contributed by atoms with Gasteiger partial charge in [-0.2, -0.15) is 0 Å². The number of hydrogen-bond donors (Lipinski definition) is 1. The molecule has 3 amide bonds. The molecule has 7 nitrogen and oxygen atoms in total. The van der Waals surface area contributed by atoms with Crippen LogP contribution in [-0.2, 0) is 4.74 Å². The number of rotatable bonds is 4. The second-order valence-corrected chi connectivity index (χ2v) is 8.27. The number of nitrogens with zero attached hydrogens (tertiary/aromatic N) is 3. The Morgan fingerprint density at radius 1 is 0.968 bits per heavy atom. The van der Waals surface area contributed by atoms with Gasteiger partial charge < -0.3 is 19.9 Å². The van der Waals surface area contributed by atoms with Crippen molar-refractivity contribution in [2.24, 2.45) is 0 Å². The number of nitrogens with one attached hydrogen (secondary N) is 1. The fraction of sp³-hybridized carbons (Fsp3) is 0.391. The van der Waals surface area contributed by atoms with Gasteiger partial charge in [0.2, 0.25) is 0 Å². The summed E-state index contributed by atoms with van der Waals surface area (Å²) in [6.45, 7) is 5.34. The average molecular weight is 443 g/mol. The van der Waals surface area contributed by atoms with E-state index >= 15 is 0 Å². The number of hydrogen-bond acceptors (Lipinski definition) is 4. The van der Waals surface area contributed by atoms with Gasteiger partial charge in [-0.15, -0.1) is 0 Å². The van der Waals surface area contributed by atoms with Crippen LogP contribution in [-0.4, -0.2) is 85.2 Å². The number of ether oxygens (including phenoxy) is 1. The van der Waals surface area contributed by atoms with E-state index in [2.05, 4.69) is 10.2 Å². The highest BCUT2D eigenvalue weighted by Gasteiger charge is 2.28. The number of piperazine rings is 1.